The van der Waals surface area contributed by atoms with Gasteiger partial charge in [0.1, 0.15) is 23.7 Å². The molecule has 6 nitrogen and oxygen atoms in total. The molecule has 144 valence electrons. The lowest BCUT2D eigenvalue weighted by Gasteiger charge is -2.31. The van der Waals surface area contributed by atoms with Crippen LogP contribution in [0.4, 0.5) is 24.8 Å². The molecule has 1 fully saturated rings. The van der Waals surface area contributed by atoms with E-state index in [1.807, 2.05) is 0 Å². The third kappa shape index (κ3) is 5.32. The Labute approximate surface area is 154 Å². The van der Waals surface area contributed by atoms with Crippen molar-refractivity contribution in [1.29, 1.82) is 0 Å². The summed E-state index contributed by atoms with van der Waals surface area (Å²) in [5.41, 5.74) is 0.191. The fraction of sp³-hybridized carbons (Fsp3) is 0.389. The molecule has 0 atom stereocenters. The van der Waals surface area contributed by atoms with E-state index >= 15 is 0 Å². The molecule has 0 aliphatic carbocycles. The van der Waals surface area contributed by atoms with Crippen LogP contribution in [0.1, 0.15) is 30.1 Å². The van der Waals surface area contributed by atoms with Gasteiger partial charge in [0.2, 0.25) is 0 Å². The van der Waals surface area contributed by atoms with Crippen LogP contribution in [0.3, 0.4) is 0 Å². The predicted octanol–water partition coefficient (Wildman–Crippen LogP) is 3.86. The molecule has 9 heteroatoms. The summed E-state index contributed by atoms with van der Waals surface area (Å²) in [6, 6.07) is 6.37. The highest BCUT2D eigenvalue weighted by atomic mass is 19.4. The maximum atomic E-state index is 12.3. The van der Waals surface area contributed by atoms with Crippen LogP contribution in [0, 0.1) is 5.92 Å². The van der Waals surface area contributed by atoms with Crippen molar-refractivity contribution in [3.05, 3.63) is 42.2 Å². The van der Waals surface area contributed by atoms with E-state index in [1.54, 1.807) is 6.07 Å². The first-order valence-electron chi connectivity index (χ1n) is 8.54. The first-order chi connectivity index (χ1) is 12.8. The summed E-state index contributed by atoms with van der Waals surface area (Å²) >= 11 is 0. The molecule has 1 aliphatic heterocycles. The Kier molecular flexibility index (Phi) is 5.48. The molecule has 27 heavy (non-hydrogen) atoms. The van der Waals surface area contributed by atoms with Gasteiger partial charge in [0.15, 0.2) is 0 Å². The number of carbonyl (C=O) groups is 1. The second kappa shape index (κ2) is 7.81. The largest absolute Gasteiger partial charge is 0.573 e. The van der Waals surface area contributed by atoms with Gasteiger partial charge in [0.25, 0.3) is 5.91 Å². The number of hydrogen-bond acceptors (Lipinski definition) is 5. The van der Waals surface area contributed by atoms with Gasteiger partial charge in [-0.05, 0) is 43.0 Å². The summed E-state index contributed by atoms with van der Waals surface area (Å²) in [5.74, 6) is 0.889. The van der Waals surface area contributed by atoms with Gasteiger partial charge in [-0.15, -0.1) is 13.2 Å². The zero-order chi connectivity index (χ0) is 19.4. The van der Waals surface area contributed by atoms with E-state index in [-0.39, 0.29) is 11.3 Å². The highest BCUT2D eigenvalue weighted by Gasteiger charge is 2.31. The minimum Gasteiger partial charge on any atom is -0.406 e. The van der Waals surface area contributed by atoms with Gasteiger partial charge < -0.3 is 15.0 Å². The Morgan fingerprint density at radius 3 is 2.48 bits per heavy atom. The molecule has 1 aliphatic rings. The molecule has 1 N–H and O–H groups in total. The van der Waals surface area contributed by atoms with Crippen molar-refractivity contribution in [2.75, 3.05) is 23.3 Å². The Morgan fingerprint density at radius 1 is 1.19 bits per heavy atom. The predicted molar refractivity (Wildman–Crippen MR) is 93.7 cm³/mol. The van der Waals surface area contributed by atoms with E-state index in [9.17, 15) is 18.0 Å². The number of rotatable bonds is 4. The highest BCUT2D eigenvalue weighted by molar-refractivity contribution is 6.03. The zero-order valence-electron chi connectivity index (χ0n) is 14.7. The molecule has 1 saturated heterocycles. The molecule has 0 saturated carbocycles. The van der Waals surface area contributed by atoms with Crippen LogP contribution in [0.15, 0.2) is 36.7 Å². The molecule has 2 heterocycles. The lowest BCUT2D eigenvalue weighted by molar-refractivity contribution is -0.274. The van der Waals surface area contributed by atoms with Gasteiger partial charge >= 0.3 is 6.36 Å². The summed E-state index contributed by atoms with van der Waals surface area (Å²) in [4.78, 5) is 22.7. The van der Waals surface area contributed by atoms with Crippen molar-refractivity contribution >= 4 is 17.5 Å². The van der Waals surface area contributed by atoms with E-state index in [2.05, 4.69) is 31.8 Å². The number of ether oxygens (including phenoxy) is 1. The second-order valence-corrected chi connectivity index (χ2v) is 6.46. The van der Waals surface area contributed by atoms with Crippen molar-refractivity contribution in [2.24, 2.45) is 5.92 Å². The van der Waals surface area contributed by atoms with E-state index in [0.717, 1.165) is 43.9 Å². The molecular formula is C18H19F3N4O2. The number of anilines is 2. The molecule has 1 amide bonds. The number of nitrogens with zero attached hydrogens (tertiary/aromatic N) is 3. The normalized spacial score (nSPS) is 15.5. The molecule has 0 radical (unpaired) electrons. The fourth-order valence-corrected chi connectivity index (χ4v) is 2.82. The SMILES string of the molecule is CC1CCN(c2cc(NC(=O)c3ccc(OC(F)(F)F)cc3)ncn2)CC1. The zero-order valence-corrected chi connectivity index (χ0v) is 14.7. The first kappa shape index (κ1) is 18.9. The molecular weight excluding hydrogens is 361 g/mol. The quantitative estimate of drug-likeness (QED) is 0.872. The minimum atomic E-state index is -4.77. The molecule has 0 spiro atoms. The third-order valence-electron chi connectivity index (χ3n) is 4.35. The molecule has 1 aromatic heterocycles. The van der Waals surface area contributed by atoms with Crippen LogP contribution >= 0.6 is 0 Å². The van der Waals surface area contributed by atoms with Gasteiger partial charge in [-0.25, -0.2) is 9.97 Å². The van der Waals surface area contributed by atoms with Crippen molar-refractivity contribution in [1.82, 2.24) is 9.97 Å². The lowest BCUT2D eigenvalue weighted by atomic mass is 9.99. The number of nitrogens with one attached hydrogen (secondary N) is 1. The van der Waals surface area contributed by atoms with Gasteiger partial charge in [-0.2, -0.15) is 0 Å². The van der Waals surface area contributed by atoms with E-state index in [1.165, 1.54) is 18.5 Å². The van der Waals surface area contributed by atoms with E-state index in [0.29, 0.717) is 11.7 Å². The number of alkyl halides is 3. The Bertz CT molecular complexity index is 788. The Balaban J connectivity index is 1.65. The topological polar surface area (TPSA) is 67.4 Å². The van der Waals surface area contributed by atoms with Crippen LogP contribution in [-0.2, 0) is 0 Å². The number of piperidine rings is 1. The number of aromatic nitrogens is 2. The maximum absolute atomic E-state index is 12.3. The molecule has 1 aromatic carbocycles. The smallest absolute Gasteiger partial charge is 0.406 e. The van der Waals surface area contributed by atoms with Crippen molar-refractivity contribution in [2.45, 2.75) is 26.1 Å². The summed E-state index contributed by atoms with van der Waals surface area (Å²) in [6.07, 6.45) is -1.23. The summed E-state index contributed by atoms with van der Waals surface area (Å²) in [7, 11) is 0. The first-order valence-corrected chi connectivity index (χ1v) is 8.54. The van der Waals surface area contributed by atoms with Gasteiger partial charge in [0, 0.05) is 24.7 Å². The Morgan fingerprint density at radius 2 is 1.85 bits per heavy atom. The number of hydrogen-bond donors (Lipinski definition) is 1. The standard InChI is InChI=1S/C18H19F3N4O2/c1-12-6-8-25(9-7-12)16-10-15(22-11-23-16)24-17(26)13-2-4-14(5-3-13)27-18(19,20)21/h2-5,10-12H,6-9H2,1H3,(H,22,23,24,26). The number of halogens is 3. The summed E-state index contributed by atoms with van der Waals surface area (Å²) in [6.45, 7) is 4.01. The van der Waals surface area contributed by atoms with Gasteiger partial charge in [0.05, 0.1) is 0 Å². The maximum Gasteiger partial charge on any atom is 0.573 e. The van der Waals surface area contributed by atoms with Crippen LogP contribution in [0.5, 0.6) is 5.75 Å². The monoisotopic (exact) mass is 380 g/mol. The number of amides is 1. The molecule has 3 rings (SSSR count). The molecule has 0 bridgehead atoms. The summed E-state index contributed by atoms with van der Waals surface area (Å²) < 4.78 is 40.3. The van der Waals surface area contributed by atoms with Crippen LogP contribution < -0.4 is 15.0 Å². The molecule has 0 unspecified atom stereocenters. The van der Waals surface area contributed by atoms with E-state index < -0.39 is 12.3 Å². The Hall–Kier alpha value is -2.84. The van der Waals surface area contributed by atoms with Gasteiger partial charge in [-0.1, -0.05) is 6.92 Å². The van der Waals surface area contributed by atoms with Crippen LogP contribution in [0.2, 0.25) is 0 Å². The second-order valence-electron chi connectivity index (χ2n) is 6.46. The highest BCUT2D eigenvalue weighted by Crippen LogP contribution is 2.24. The van der Waals surface area contributed by atoms with Crippen molar-refractivity contribution < 1.29 is 22.7 Å². The number of carbonyl (C=O) groups excluding carboxylic acids is 1. The summed E-state index contributed by atoms with van der Waals surface area (Å²) in [5, 5.41) is 2.63. The average molecular weight is 380 g/mol. The fourth-order valence-electron chi connectivity index (χ4n) is 2.82. The number of benzene rings is 1. The van der Waals surface area contributed by atoms with Crippen molar-refractivity contribution in [3.63, 3.8) is 0 Å². The van der Waals surface area contributed by atoms with Crippen molar-refractivity contribution in [3.8, 4) is 5.75 Å². The van der Waals surface area contributed by atoms with Gasteiger partial charge in [-0.3, -0.25) is 4.79 Å². The molecule has 2 aromatic rings. The third-order valence-corrected chi connectivity index (χ3v) is 4.35. The van der Waals surface area contributed by atoms with E-state index in [4.69, 9.17) is 0 Å². The minimum absolute atomic E-state index is 0.191. The van der Waals surface area contributed by atoms with Crippen LogP contribution in [0.25, 0.3) is 0 Å². The van der Waals surface area contributed by atoms with Crippen LogP contribution in [-0.4, -0.2) is 35.3 Å². The lowest BCUT2D eigenvalue weighted by Crippen LogP contribution is -2.33. The average Bonchev–Trinajstić information content (AvgIpc) is 2.62.